The molecule has 0 radical (unpaired) electrons. The second-order valence-electron chi connectivity index (χ2n) is 1.85. The molecule has 0 aliphatic heterocycles. The third-order valence-corrected chi connectivity index (χ3v) is 1.20. The van der Waals surface area contributed by atoms with Crippen molar-refractivity contribution in [2.45, 2.75) is 13.5 Å². The Bertz CT molecular complexity index is 259. The fraction of sp³-hybridized carbons (Fsp3) is 0.333. The van der Waals surface area contributed by atoms with E-state index in [-0.39, 0.29) is 5.88 Å². The van der Waals surface area contributed by atoms with E-state index in [9.17, 15) is 4.79 Å². The summed E-state index contributed by atoms with van der Waals surface area (Å²) in [5.74, 6) is 0.229. The van der Waals surface area contributed by atoms with Crippen LogP contribution in [-0.2, 0) is 6.54 Å². The maximum absolute atomic E-state index is 10.2. The summed E-state index contributed by atoms with van der Waals surface area (Å²) in [4.78, 5) is 10.2. The maximum Gasteiger partial charge on any atom is 0.410 e. The van der Waals surface area contributed by atoms with E-state index >= 15 is 0 Å². The monoisotopic (exact) mass is 174 g/mol. The normalized spacial score (nSPS) is 9.64. The zero-order chi connectivity index (χ0) is 8.27. The Balaban J connectivity index is 2.65. The Labute approximate surface area is 68.7 Å². The first-order valence-corrected chi connectivity index (χ1v) is 3.51. The van der Waals surface area contributed by atoms with Gasteiger partial charge < -0.3 is 4.74 Å². The van der Waals surface area contributed by atoms with Gasteiger partial charge in [0.15, 0.2) is 0 Å². The lowest BCUT2D eigenvalue weighted by Crippen LogP contribution is -1.99. The fourth-order valence-corrected chi connectivity index (χ4v) is 0.735. The SMILES string of the molecule is CCn1ccc(OC(=O)Cl)n1. The van der Waals surface area contributed by atoms with E-state index in [2.05, 4.69) is 9.84 Å². The molecule has 0 atom stereocenters. The summed E-state index contributed by atoms with van der Waals surface area (Å²) in [5.41, 5.74) is -0.869. The average molecular weight is 175 g/mol. The van der Waals surface area contributed by atoms with Crippen molar-refractivity contribution < 1.29 is 9.53 Å². The number of aromatic nitrogens is 2. The Hall–Kier alpha value is -1.03. The molecular weight excluding hydrogens is 168 g/mol. The first-order chi connectivity index (χ1) is 5.22. The predicted octanol–water partition coefficient (Wildman–Crippen LogP) is 1.64. The van der Waals surface area contributed by atoms with Gasteiger partial charge in [0, 0.05) is 30.4 Å². The number of rotatable bonds is 2. The molecule has 4 nitrogen and oxygen atoms in total. The summed E-state index contributed by atoms with van der Waals surface area (Å²) >= 11 is 4.95. The van der Waals surface area contributed by atoms with Crippen molar-refractivity contribution in [3.63, 3.8) is 0 Å². The molecule has 1 heterocycles. The molecule has 0 saturated heterocycles. The predicted molar refractivity (Wildman–Crippen MR) is 39.8 cm³/mol. The Morgan fingerprint density at radius 2 is 2.64 bits per heavy atom. The smallest absolute Gasteiger partial charge is 0.394 e. The summed E-state index contributed by atoms with van der Waals surface area (Å²) in [5, 5.41) is 3.86. The van der Waals surface area contributed by atoms with Gasteiger partial charge in [0.2, 0.25) is 5.88 Å². The van der Waals surface area contributed by atoms with Gasteiger partial charge in [0.1, 0.15) is 0 Å². The van der Waals surface area contributed by atoms with Crippen LogP contribution in [0.5, 0.6) is 5.88 Å². The molecule has 1 rings (SSSR count). The zero-order valence-electron chi connectivity index (χ0n) is 5.95. The van der Waals surface area contributed by atoms with Crippen LogP contribution in [0.15, 0.2) is 12.3 Å². The van der Waals surface area contributed by atoms with Crippen LogP contribution in [0, 0.1) is 0 Å². The Kier molecular flexibility index (Phi) is 2.48. The van der Waals surface area contributed by atoms with Crippen LogP contribution in [0.2, 0.25) is 0 Å². The molecule has 60 valence electrons. The molecule has 0 saturated carbocycles. The lowest BCUT2D eigenvalue weighted by Gasteiger charge is -1.92. The highest BCUT2D eigenvalue weighted by Crippen LogP contribution is 2.06. The molecule has 0 unspecified atom stereocenters. The third-order valence-electron chi connectivity index (χ3n) is 1.13. The molecule has 0 bridgehead atoms. The van der Waals surface area contributed by atoms with Gasteiger partial charge >= 0.3 is 5.43 Å². The lowest BCUT2D eigenvalue weighted by atomic mass is 10.7. The van der Waals surface area contributed by atoms with Crippen LogP contribution in [0.1, 0.15) is 6.92 Å². The molecule has 0 aliphatic carbocycles. The first kappa shape index (κ1) is 8.07. The Morgan fingerprint density at radius 1 is 1.91 bits per heavy atom. The van der Waals surface area contributed by atoms with Crippen molar-refractivity contribution in [2.24, 2.45) is 0 Å². The van der Waals surface area contributed by atoms with Crippen LogP contribution in [0.4, 0.5) is 4.79 Å². The molecular formula is C6H7ClN2O2. The molecule has 0 aromatic carbocycles. The average Bonchev–Trinajstić information content (AvgIpc) is 2.34. The zero-order valence-corrected chi connectivity index (χ0v) is 6.71. The maximum atomic E-state index is 10.2. The van der Waals surface area contributed by atoms with Gasteiger partial charge in [0.05, 0.1) is 0 Å². The highest BCUT2D eigenvalue weighted by Gasteiger charge is 2.01. The van der Waals surface area contributed by atoms with E-state index in [1.807, 2.05) is 6.92 Å². The van der Waals surface area contributed by atoms with Gasteiger partial charge in [-0.1, -0.05) is 0 Å². The van der Waals surface area contributed by atoms with Crippen molar-refractivity contribution in [1.82, 2.24) is 9.78 Å². The van der Waals surface area contributed by atoms with E-state index < -0.39 is 5.43 Å². The molecule has 11 heavy (non-hydrogen) atoms. The second kappa shape index (κ2) is 3.39. The summed E-state index contributed by atoms with van der Waals surface area (Å²) in [6.45, 7) is 2.67. The van der Waals surface area contributed by atoms with E-state index in [4.69, 9.17) is 11.6 Å². The van der Waals surface area contributed by atoms with Gasteiger partial charge in [-0.05, 0) is 6.92 Å². The fourth-order valence-electron chi connectivity index (χ4n) is 0.656. The lowest BCUT2D eigenvalue weighted by molar-refractivity contribution is 0.223. The molecule has 0 fully saturated rings. The Morgan fingerprint density at radius 3 is 3.09 bits per heavy atom. The minimum atomic E-state index is -0.869. The molecule has 0 amide bonds. The van der Waals surface area contributed by atoms with Crippen LogP contribution in [-0.4, -0.2) is 15.2 Å². The highest BCUT2D eigenvalue weighted by molar-refractivity contribution is 6.61. The number of aryl methyl sites for hydroxylation is 1. The number of hydrogen-bond acceptors (Lipinski definition) is 3. The molecule has 1 aromatic heterocycles. The molecule has 0 N–H and O–H groups in total. The minimum Gasteiger partial charge on any atom is -0.394 e. The molecule has 5 heteroatoms. The third kappa shape index (κ3) is 2.23. The van der Waals surface area contributed by atoms with E-state index in [0.717, 1.165) is 6.54 Å². The van der Waals surface area contributed by atoms with E-state index in [1.165, 1.54) is 0 Å². The van der Waals surface area contributed by atoms with Gasteiger partial charge in [-0.25, -0.2) is 4.79 Å². The quantitative estimate of drug-likeness (QED) is 0.641. The van der Waals surface area contributed by atoms with Gasteiger partial charge in [-0.15, -0.1) is 5.10 Å². The number of halogens is 1. The summed E-state index contributed by atoms with van der Waals surface area (Å²) in [6, 6.07) is 1.57. The minimum absolute atomic E-state index is 0.229. The van der Waals surface area contributed by atoms with Gasteiger partial charge in [-0.3, -0.25) is 4.68 Å². The summed E-state index contributed by atoms with van der Waals surface area (Å²) in [7, 11) is 0. The summed E-state index contributed by atoms with van der Waals surface area (Å²) in [6.07, 6.45) is 1.70. The number of carbonyl (C=O) groups is 1. The van der Waals surface area contributed by atoms with Gasteiger partial charge in [0.25, 0.3) is 0 Å². The number of carbonyl (C=O) groups excluding carboxylic acids is 1. The first-order valence-electron chi connectivity index (χ1n) is 3.13. The standard InChI is InChI=1S/C6H7ClN2O2/c1-2-9-4-3-5(8-9)11-6(7)10/h3-4H,2H2,1H3. The molecule has 1 aromatic rings. The van der Waals surface area contributed by atoms with E-state index in [1.54, 1.807) is 16.9 Å². The second-order valence-corrected chi connectivity index (χ2v) is 2.16. The van der Waals surface area contributed by atoms with E-state index in [0.29, 0.717) is 0 Å². The van der Waals surface area contributed by atoms with Crippen LogP contribution >= 0.6 is 11.6 Å². The van der Waals surface area contributed by atoms with Crippen molar-refractivity contribution in [2.75, 3.05) is 0 Å². The van der Waals surface area contributed by atoms with Crippen molar-refractivity contribution >= 4 is 17.0 Å². The van der Waals surface area contributed by atoms with Crippen LogP contribution < -0.4 is 4.74 Å². The molecule has 0 spiro atoms. The van der Waals surface area contributed by atoms with Crippen molar-refractivity contribution in [1.29, 1.82) is 0 Å². The number of nitrogens with zero attached hydrogens (tertiary/aromatic N) is 2. The van der Waals surface area contributed by atoms with Crippen molar-refractivity contribution in [3.8, 4) is 5.88 Å². The van der Waals surface area contributed by atoms with Crippen LogP contribution in [0.25, 0.3) is 0 Å². The van der Waals surface area contributed by atoms with Crippen molar-refractivity contribution in [3.05, 3.63) is 12.3 Å². The number of ether oxygens (including phenoxy) is 1. The summed E-state index contributed by atoms with van der Waals surface area (Å²) < 4.78 is 6.13. The molecule has 0 aliphatic rings. The van der Waals surface area contributed by atoms with Crippen LogP contribution in [0.3, 0.4) is 0 Å². The highest BCUT2D eigenvalue weighted by atomic mass is 35.5. The van der Waals surface area contributed by atoms with Gasteiger partial charge in [-0.2, -0.15) is 0 Å². The topological polar surface area (TPSA) is 44.1 Å². The largest absolute Gasteiger partial charge is 0.410 e. The number of hydrogen-bond donors (Lipinski definition) is 0.